The molecule has 0 aliphatic rings. The maximum atomic E-state index is 14.3. The molecule has 0 aromatic heterocycles. The van der Waals surface area contributed by atoms with Crippen molar-refractivity contribution in [3.63, 3.8) is 0 Å². The SMILES string of the molecule is CCC[CH2][Sn]([CH2]CCC)([O]C(=O)c1ccc(OC)c(OC)c1OC)[O][Sn]([CH2]CCC)([CH2]CCC)[O]C(=O)c1ccc(OC)c(OC)c1OC. The van der Waals surface area contributed by atoms with Crippen LogP contribution in [0.5, 0.6) is 34.5 Å². The van der Waals surface area contributed by atoms with Gasteiger partial charge in [0.1, 0.15) is 0 Å². The van der Waals surface area contributed by atoms with Crippen molar-refractivity contribution in [1.82, 2.24) is 0 Å². The summed E-state index contributed by atoms with van der Waals surface area (Å²) in [7, 11) is 9.01. The summed E-state index contributed by atoms with van der Waals surface area (Å²) in [5, 5.41) is 0. The van der Waals surface area contributed by atoms with Crippen molar-refractivity contribution < 1.29 is 45.6 Å². The minimum absolute atomic E-state index is 0.229. The fourth-order valence-electron chi connectivity index (χ4n) is 5.80. The third-order valence-corrected chi connectivity index (χ3v) is 40.7. The maximum absolute atomic E-state index is 14.3. The normalized spacial score (nSPS) is 11.5. The number of unbranched alkanes of at least 4 members (excludes halogenated alkanes) is 4. The van der Waals surface area contributed by atoms with Crippen LogP contribution in [0.4, 0.5) is 0 Å². The van der Waals surface area contributed by atoms with Crippen molar-refractivity contribution in [2.75, 3.05) is 42.7 Å². The number of carbonyl (C=O) groups excluding carboxylic acids is 2. The van der Waals surface area contributed by atoms with Crippen molar-refractivity contribution in [2.45, 2.75) is 96.8 Å². The van der Waals surface area contributed by atoms with Gasteiger partial charge in [-0.25, -0.2) is 0 Å². The topological polar surface area (TPSA) is 117 Å². The molecule has 0 atom stereocenters. The number of carbonyl (C=O) groups is 2. The van der Waals surface area contributed by atoms with Gasteiger partial charge in [0.2, 0.25) is 0 Å². The van der Waals surface area contributed by atoms with Gasteiger partial charge < -0.3 is 0 Å². The first-order valence-electron chi connectivity index (χ1n) is 17.4. The van der Waals surface area contributed by atoms with Crippen molar-refractivity contribution in [3.05, 3.63) is 35.4 Å². The molecule has 0 amide bonds. The fourth-order valence-corrected chi connectivity index (χ4v) is 46.9. The summed E-state index contributed by atoms with van der Waals surface area (Å²) in [6, 6.07) is 6.59. The molecular formula is C36H58O11Sn2. The summed E-state index contributed by atoms with van der Waals surface area (Å²) >= 11 is -8.81. The van der Waals surface area contributed by atoms with E-state index >= 15 is 0 Å². The molecule has 0 spiro atoms. The second kappa shape index (κ2) is 21.8. The van der Waals surface area contributed by atoms with Crippen LogP contribution in [0.15, 0.2) is 24.3 Å². The van der Waals surface area contributed by atoms with Gasteiger partial charge in [0.05, 0.1) is 0 Å². The molecule has 0 N–H and O–H groups in total. The molecule has 11 nitrogen and oxygen atoms in total. The van der Waals surface area contributed by atoms with E-state index in [4.69, 9.17) is 36.0 Å². The monoisotopic (exact) mass is 906 g/mol. The summed E-state index contributed by atoms with van der Waals surface area (Å²) in [4.78, 5) is 28.5. The molecule has 0 saturated carbocycles. The van der Waals surface area contributed by atoms with E-state index in [1.807, 2.05) is 0 Å². The molecule has 2 rings (SSSR count). The van der Waals surface area contributed by atoms with Gasteiger partial charge in [-0.3, -0.25) is 0 Å². The number of benzene rings is 2. The molecule has 49 heavy (non-hydrogen) atoms. The predicted molar refractivity (Wildman–Crippen MR) is 194 cm³/mol. The summed E-state index contributed by atoms with van der Waals surface area (Å²) in [5.74, 6) is 0.894. The third-order valence-electron chi connectivity index (χ3n) is 8.42. The number of hydrogen-bond donors (Lipinski definition) is 0. The number of methoxy groups -OCH3 is 6. The van der Waals surface area contributed by atoms with Crippen molar-refractivity contribution in [3.8, 4) is 34.5 Å². The predicted octanol–water partition coefficient (Wildman–Crippen LogP) is 8.85. The van der Waals surface area contributed by atoms with Gasteiger partial charge in [-0.05, 0) is 0 Å². The Balaban J connectivity index is 2.76. The van der Waals surface area contributed by atoms with Gasteiger partial charge >= 0.3 is 305 Å². The molecule has 0 unspecified atom stereocenters. The van der Waals surface area contributed by atoms with Crippen LogP contribution in [-0.2, 0) is 7.56 Å². The molecular weight excluding hydrogens is 846 g/mol. The van der Waals surface area contributed by atoms with Gasteiger partial charge in [0, 0.05) is 0 Å². The first-order valence-corrected chi connectivity index (χ1v) is 30.1. The van der Waals surface area contributed by atoms with Crippen LogP contribution in [-0.4, -0.2) is 93.0 Å². The molecule has 2 aromatic carbocycles. The average Bonchev–Trinajstić information content (AvgIpc) is 3.12. The molecule has 0 aliphatic carbocycles. The van der Waals surface area contributed by atoms with Crippen LogP contribution in [0, 0.1) is 0 Å². The van der Waals surface area contributed by atoms with E-state index in [0.29, 0.717) is 40.7 Å². The first-order chi connectivity index (χ1) is 23.6. The van der Waals surface area contributed by atoms with Gasteiger partial charge in [-0.15, -0.1) is 0 Å². The van der Waals surface area contributed by atoms with Gasteiger partial charge in [-0.2, -0.15) is 0 Å². The fraction of sp³-hybridized carbons (Fsp3) is 0.611. The van der Waals surface area contributed by atoms with Gasteiger partial charge in [0.15, 0.2) is 0 Å². The summed E-state index contributed by atoms with van der Waals surface area (Å²) in [5.41, 5.74) is 0.459. The van der Waals surface area contributed by atoms with E-state index in [-0.39, 0.29) is 22.6 Å². The van der Waals surface area contributed by atoms with Gasteiger partial charge in [0.25, 0.3) is 0 Å². The minimum atomic E-state index is -4.40. The Morgan fingerprint density at radius 2 is 0.776 bits per heavy atom. The van der Waals surface area contributed by atoms with E-state index in [1.165, 1.54) is 42.7 Å². The second-order valence-corrected chi connectivity index (χ2v) is 33.6. The van der Waals surface area contributed by atoms with E-state index in [1.54, 1.807) is 24.3 Å². The van der Waals surface area contributed by atoms with E-state index in [2.05, 4.69) is 27.7 Å². The number of hydrogen-bond acceptors (Lipinski definition) is 11. The molecule has 0 radical (unpaired) electrons. The molecule has 0 aliphatic heterocycles. The Bertz CT molecular complexity index is 1220. The van der Waals surface area contributed by atoms with Crippen LogP contribution in [0.3, 0.4) is 0 Å². The Morgan fingerprint density at radius 1 is 0.469 bits per heavy atom. The zero-order valence-electron chi connectivity index (χ0n) is 31.3. The summed E-state index contributed by atoms with van der Waals surface area (Å²) in [6.07, 6.45) is 6.93. The molecule has 0 bridgehead atoms. The molecule has 0 fully saturated rings. The van der Waals surface area contributed by atoms with Crippen LogP contribution in [0.25, 0.3) is 0 Å². The molecule has 13 heteroatoms. The zero-order valence-corrected chi connectivity index (χ0v) is 37.0. The van der Waals surface area contributed by atoms with E-state index in [0.717, 1.165) is 51.4 Å². The first kappa shape index (κ1) is 42.9. The average molecular weight is 904 g/mol. The zero-order chi connectivity index (χ0) is 36.5. The molecule has 0 saturated heterocycles. The second-order valence-electron chi connectivity index (χ2n) is 11.9. The van der Waals surface area contributed by atoms with Crippen LogP contribution in [0.2, 0.25) is 17.7 Å². The van der Waals surface area contributed by atoms with Crippen molar-refractivity contribution in [1.29, 1.82) is 0 Å². The molecule has 0 heterocycles. The van der Waals surface area contributed by atoms with Crippen molar-refractivity contribution in [2.24, 2.45) is 0 Å². The standard InChI is InChI=1S/2C10H12O5.4C4H9.O.2Sn/c2*1-13-7-5-4-6(10(11)12)8(14-2)9(7)15-3;4*1-3-4-2;;;/h2*4-5H,1-3H3,(H,11,12);4*1,3-4H2,2H3;;;/q;;;;;;;2*+1/p-2. The molecule has 2 aromatic rings. The summed E-state index contributed by atoms with van der Waals surface area (Å²) < 4.78 is 56.9. The number of rotatable bonds is 24. The number of ether oxygens (including phenoxy) is 6. The molecule has 276 valence electrons. The van der Waals surface area contributed by atoms with E-state index < -0.39 is 50.3 Å². The van der Waals surface area contributed by atoms with Crippen LogP contribution in [0.1, 0.15) is 99.8 Å². The van der Waals surface area contributed by atoms with E-state index in [9.17, 15) is 9.59 Å². The Kier molecular flexibility index (Phi) is 19.1. The van der Waals surface area contributed by atoms with Crippen LogP contribution < -0.4 is 28.4 Å². The Morgan fingerprint density at radius 3 is 1.02 bits per heavy atom. The Hall–Kier alpha value is -2.26. The Labute approximate surface area is 303 Å². The van der Waals surface area contributed by atoms with Crippen molar-refractivity contribution >= 4 is 50.3 Å². The van der Waals surface area contributed by atoms with Crippen LogP contribution >= 0.6 is 0 Å². The quantitative estimate of drug-likeness (QED) is 0.0941. The third kappa shape index (κ3) is 11.4. The summed E-state index contributed by atoms with van der Waals surface area (Å²) in [6.45, 7) is 8.46. The van der Waals surface area contributed by atoms with Gasteiger partial charge in [-0.1, -0.05) is 0 Å².